The first kappa shape index (κ1) is 19.4. The summed E-state index contributed by atoms with van der Waals surface area (Å²) in [6, 6.07) is -1.32. The summed E-state index contributed by atoms with van der Waals surface area (Å²) < 4.78 is 0. The molecule has 19 heavy (non-hydrogen) atoms. The van der Waals surface area contributed by atoms with Crippen LogP contribution in [0.4, 0.5) is 0 Å². The van der Waals surface area contributed by atoms with E-state index in [1.54, 1.807) is 0 Å². The number of nitrogens with zero attached hydrogens (tertiary/aromatic N) is 1. The van der Waals surface area contributed by atoms with Crippen molar-refractivity contribution < 1.29 is 34.8 Å². The minimum atomic E-state index is -1.34. The third kappa shape index (κ3) is 10.9. The van der Waals surface area contributed by atoms with Crippen LogP contribution >= 0.6 is 0 Å². The molecule has 1 atom stereocenters. The van der Waals surface area contributed by atoms with Gasteiger partial charge in [-0.1, -0.05) is 6.08 Å². The first-order valence-corrected chi connectivity index (χ1v) is 5.14. The van der Waals surface area contributed by atoms with Gasteiger partial charge in [0, 0.05) is 6.54 Å². The summed E-state index contributed by atoms with van der Waals surface area (Å²) in [5.41, 5.74) is 4.78. The molecule has 0 radical (unpaired) electrons. The van der Waals surface area contributed by atoms with Crippen molar-refractivity contribution in [2.45, 2.75) is 6.04 Å². The van der Waals surface area contributed by atoms with Crippen LogP contribution in [0.5, 0.6) is 0 Å². The number of carboxylic acid groups (broad SMARTS) is 3. The normalized spacial score (nSPS) is 11.1. The molecule has 0 aliphatic heterocycles. The molecule has 0 spiro atoms. The first-order valence-electron chi connectivity index (χ1n) is 5.14. The van der Waals surface area contributed by atoms with Crippen LogP contribution < -0.4 is 5.73 Å². The van der Waals surface area contributed by atoms with E-state index in [-0.39, 0.29) is 6.61 Å². The molecule has 6 N–H and O–H groups in total. The molecule has 0 aliphatic carbocycles. The maximum Gasteiger partial charge on any atom is 0.324 e. The van der Waals surface area contributed by atoms with E-state index in [9.17, 15) is 14.4 Å². The zero-order chi connectivity index (χ0) is 15.4. The molecule has 0 saturated carbocycles. The van der Waals surface area contributed by atoms with Gasteiger partial charge >= 0.3 is 17.9 Å². The van der Waals surface area contributed by atoms with Crippen molar-refractivity contribution in [2.75, 3.05) is 26.2 Å². The summed E-state index contributed by atoms with van der Waals surface area (Å²) in [7, 11) is 0. The number of aliphatic hydroxyl groups is 1. The number of hydrogen-bond donors (Lipinski definition) is 5. The smallest absolute Gasteiger partial charge is 0.324 e. The predicted octanol–water partition coefficient (Wildman–Crippen LogP) is -1.97. The Balaban J connectivity index is 0. The lowest BCUT2D eigenvalue weighted by molar-refractivity contribution is -0.147. The van der Waals surface area contributed by atoms with E-state index in [0.29, 0.717) is 6.54 Å². The minimum Gasteiger partial charge on any atom is -0.480 e. The zero-order valence-electron chi connectivity index (χ0n) is 10.2. The van der Waals surface area contributed by atoms with Crippen molar-refractivity contribution in [1.29, 1.82) is 0 Å². The van der Waals surface area contributed by atoms with Gasteiger partial charge in [0.25, 0.3) is 0 Å². The second kappa shape index (κ2) is 11.1. The lowest BCUT2D eigenvalue weighted by Gasteiger charge is -2.22. The Morgan fingerprint density at radius 1 is 1.16 bits per heavy atom. The minimum absolute atomic E-state index is 0.0972. The van der Waals surface area contributed by atoms with E-state index in [4.69, 9.17) is 26.2 Å². The Labute approximate surface area is 109 Å². The SMILES string of the molecule is C=CC(C(=O)O)N(CC(=O)O)CC(=O)O.NCCO. The summed E-state index contributed by atoms with van der Waals surface area (Å²) in [5, 5.41) is 33.3. The lowest BCUT2D eigenvalue weighted by Crippen LogP contribution is -2.45. The molecule has 0 aromatic carbocycles. The number of rotatable bonds is 8. The molecule has 0 aliphatic rings. The molecule has 0 amide bonds. The summed E-state index contributed by atoms with van der Waals surface area (Å²) in [6.07, 6.45) is 0.980. The van der Waals surface area contributed by atoms with Gasteiger partial charge in [0.2, 0.25) is 0 Å². The highest BCUT2D eigenvalue weighted by molar-refractivity contribution is 5.79. The van der Waals surface area contributed by atoms with Crippen molar-refractivity contribution in [3.05, 3.63) is 12.7 Å². The average molecular weight is 278 g/mol. The highest BCUT2D eigenvalue weighted by atomic mass is 16.4. The second-order valence-electron chi connectivity index (χ2n) is 3.22. The second-order valence-corrected chi connectivity index (χ2v) is 3.22. The predicted molar refractivity (Wildman–Crippen MR) is 64.6 cm³/mol. The van der Waals surface area contributed by atoms with Crippen molar-refractivity contribution in [2.24, 2.45) is 5.73 Å². The summed E-state index contributed by atoms with van der Waals surface area (Å²) >= 11 is 0. The van der Waals surface area contributed by atoms with E-state index in [2.05, 4.69) is 6.58 Å². The number of aliphatic hydroxyl groups excluding tert-OH is 1. The van der Waals surface area contributed by atoms with Crippen LogP contribution in [0.2, 0.25) is 0 Å². The van der Waals surface area contributed by atoms with Gasteiger partial charge in [0.1, 0.15) is 6.04 Å². The van der Waals surface area contributed by atoms with Crippen LogP contribution in [-0.4, -0.2) is 75.5 Å². The van der Waals surface area contributed by atoms with Crippen molar-refractivity contribution in [3.63, 3.8) is 0 Å². The molecule has 9 nitrogen and oxygen atoms in total. The maximum absolute atomic E-state index is 10.6. The first-order chi connectivity index (χ1) is 8.79. The van der Waals surface area contributed by atoms with Crippen molar-refractivity contribution >= 4 is 17.9 Å². The van der Waals surface area contributed by atoms with Crippen LogP contribution in [-0.2, 0) is 14.4 Å². The molecule has 0 rings (SSSR count). The number of carbonyl (C=O) groups is 3. The van der Waals surface area contributed by atoms with Crippen LogP contribution in [0.15, 0.2) is 12.7 Å². The van der Waals surface area contributed by atoms with Gasteiger partial charge in [-0.3, -0.25) is 19.3 Å². The topological polar surface area (TPSA) is 161 Å². The summed E-state index contributed by atoms with van der Waals surface area (Å²) in [4.78, 5) is 32.2. The van der Waals surface area contributed by atoms with Crippen molar-refractivity contribution in [1.82, 2.24) is 4.90 Å². The number of aliphatic carboxylic acids is 3. The Morgan fingerprint density at radius 2 is 1.53 bits per heavy atom. The number of nitrogens with two attached hydrogens (primary N) is 1. The average Bonchev–Trinajstić information content (AvgIpc) is 2.28. The highest BCUT2D eigenvalue weighted by Gasteiger charge is 2.26. The molecule has 0 aromatic rings. The number of hydrogen-bond acceptors (Lipinski definition) is 6. The van der Waals surface area contributed by atoms with Gasteiger partial charge in [-0.25, -0.2) is 0 Å². The highest BCUT2D eigenvalue weighted by Crippen LogP contribution is 2.01. The van der Waals surface area contributed by atoms with Gasteiger partial charge < -0.3 is 26.2 Å². The largest absolute Gasteiger partial charge is 0.480 e. The molecule has 1 unspecified atom stereocenters. The van der Waals surface area contributed by atoms with Gasteiger partial charge in [0.05, 0.1) is 19.7 Å². The van der Waals surface area contributed by atoms with E-state index >= 15 is 0 Å². The summed E-state index contributed by atoms with van der Waals surface area (Å²) in [6.45, 7) is 2.34. The lowest BCUT2D eigenvalue weighted by atomic mass is 10.2. The molecule has 0 bridgehead atoms. The zero-order valence-corrected chi connectivity index (χ0v) is 10.2. The van der Waals surface area contributed by atoms with Gasteiger partial charge in [-0.2, -0.15) is 0 Å². The standard InChI is InChI=1S/C8H11NO6.C2H7NO/c1-2-5(8(14)15)9(3-6(10)11)4-7(12)13;3-1-2-4/h2,5H,1,3-4H2,(H,10,11)(H,12,13)(H,14,15);4H,1-3H2. The van der Waals surface area contributed by atoms with Crippen LogP contribution in [0.25, 0.3) is 0 Å². The Morgan fingerprint density at radius 3 is 1.68 bits per heavy atom. The third-order valence-corrected chi connectivity index (χ3v) is 1.68. The molecule has 110 valence electrons. The van der Waals surface area contributed by atoms with Crippen LogP contribution in [0.3, 0.4) is 0 Å². The monoisotopic (exact) mass is 278 g/mol. The van der Waals surface area contributed by atoms with E-state index in [1.807, 2.05) is 0 Å². The Kier molecular flexibility index (Phi) is 11.4. The number of carboxylic acids is 3. The molecule has 0 aromatic heterocycles. The van der Waals surface area contributed by atoms with Gasteiger partial charge in [-0.05, 0) is 0 Å². The van der Waals surface area contributed by atoms with E-state index in [1.165, 1.54) is 0 Å². The fraction of sp³-hybridized carbons (Fsp3) is 0.500. The van der Waals surface area contributed by atoms with E-state index < -0.39 is 37.0 Å². The van der Waals surface area contributed by atoms with Crippen molar-refractivity contribution in [3.8, 4) is 0 Å². The Hall–Kier alpha value is -1.97. The quantitative estimate of drug-likeness (QED) is 0.317. The molecule has 0 saturated heterocycles. The third-order valence-electron chi connectivity index (χ3n) is 1.68. The molecule has 0 fully saturated rings. The fourth-order valence-corrected chi connectivity index (χ4v) is 1.01. The van der Waals surface area contributed by atoms with Crippen LogP contribution in [0.1, 0.15) is 0 Å². The van der Waals surface area contributed by atoms with Gasteiger partial charge in [0.15, 0.2) is 0 Å². The Bertz CT molecular complexity index is 301. The molecular weight excluding hydrogens is 260 g/mol. The summed E-state index contributed by atoms with van der Waals surface area (Å²) in [5.74, 6) is -3.94. The van der Waals surface area contributed by atoms with E-state index in [0.717, 1.165) is 11.0 Å². The fourth-order valence-electron chi connectivity index (χ4n) is 1.01. The molecule has 9 heteroatoms. The van der Waals surface area contributed by atoms with Gasteiger partial charge in [-0.15, -0.1) is 6.58 Å². The van der Waals surface area contributed by atoms with Crippen LogP contribution in [0, 0.1) is 0 Å². The molecule has 0 heterocycles. The maximum atomic E-state index is 10.6. The molecular formula is C10H18N2O7.